The number of rotatable bonds is 5. The number of aromatic hydroxyl groups is 1. The Hall–Kier alpha value is -2.01. The number of hydrogen-bond donors (Lipinski definition) is 1. The number of hydrogen-bond acceptors (Lipinski definition) is 4. The zero-order valence-corrected chi connectivity index (χ0v) is 12.4. The Morgan fingerprint density at radius 1 is 1.30 bits per heavy atom. The first-order valence-electron chi connectivity index (χ1n) is 5.88. The molecule has 0 aromatic heterocycles. The van der Waals surface area contributed by atoms with Gasteiger partial charge in [0.15, 0.2) is 17.8 Å². The van der Waals surface area contributed by atoms with Crippen LogP contribution in [0.3, 0.4) is 0 Å². The van der Waals surface area contributed by atoms with E-state index < -0.39 is 0 Å². The number of carbonyl (C=O) groups excluding carboxylic acids is 1. The lowest BCUT2D eigenvalue weighted by atomic mass is 10.2. The minimum atomic E-state index is -0.163. The summed E-state index contributed by atoms with van der Waals surface area (Å²) in [5.74, 6) is 0.580. The third kappa shape index (κ3) is 2.93. The van der Waals surface area contributed by atoms with Gasteiger partial charge in [-0.25, -0.2) is 0 Å². The van der Waals surface area contributed by atoms with Gasteiger partial charge in [0, 0.05) is 0 Å². The highest BCUT2D eigenvalue weighted by Crippen LogP contribution is 2.43. The number of ether oxygens (including phenoxy) is 2. The third-order valence-corrected chi connectivity index (χ3v) is 3.50. The third-order valence-electron chi connectivity index (χ3n) is 2.76. The van der Waals surface area contributed by atoms with Gasteiger partial charge in [0.1, 0.15) is 16.8 Å². The predicted molar refractivity (Wildman–Crippen MR) is 78.5 cm³/mol. The van der Waals surface area contributed by atoms with Crippen LogP contribution >= 0.6 is 15.9 Å². The molecule has 0 spiro atoms. The van der Waals surface area contributed by atoms with Gasteiger partial charge in [0.2, 0.25) is 0 Å². The Morgan fingerprint density at radius 2 is 2.00 bits per heavy atom. The van der Waals surface area contributed by atoms with Crippen LogP contribution < -0.4 is 9.47 Å². The first-order chi connectivity index (χ1) is 9.67. The summed E-state index contributed by atoms with van der Waals surface area (Å²) in [7, 11) is 1.47. The summed E-state index contributed by atoms with van der Waals surface area (Å²) < 4.78 is 11.2. The van der Waals surface area contributed by atoms with Crippen molar-refractivity contribution < 1.29 is 19.4 Å². The SMILES string of the molecule is COc1cc(C=O)c(O)c(Br)c1OCc1ccccc1. The smallest absolute Gasteiger partial charge is 0.179 e. The Labute approximate surface area is 125 Å². The van der Waals surface area contributed by atoms with Crippen molar-refractivity contribution in [2.75, 3.05) is 7.11 Å². The van der Waals surface area contributed by atoms with Gasteiger partial charge in [-0.1, -0.05) is 30.3 Å². The average molecular weight is 337 g/mol. The first kappa shape index (κ1) is 14.4. The molecule has 0 radical (unpaired) electrons. The zero-order chi connectivity index (χ0) is 14.5. The van der Waals surface area contributed by atoms with Crippen molar-refractivity contribution in [1.82, 2.24) is 0 Å². The maximum atomic E-state index is 10.9. The van der Waals surface area contributed by atoms with E-state index in [1.165, 1.54) is 13.2 Å². The Bertz CT molecular complexity index is 611. The summed E-state index contributed by atoms with van der Waals surface area (Å²) in [6.07, 6.45) is 0.559. The molecular formula is C15H13BrO4. The highest BCUT2D eigenvalue weighted by atomic mass is 79.9. The molecule has 1 N–H and O–H groups in total. The largest absolute Gasteiger partial charge is 0.506 e. The summed E-state index contributed by atoms with van der Waals surface area (Å²) in [5, 5.41) is 9.88. The highest BCUT2D eigenvalue weighted by Gasteiger charge is 2.17. The topological polar surface area (TPSA) is 55.8 Å². The van der Waals surface area contributed by atoms with Crippen LogP contribution in [-0.2, 0) is 6.61 Å². The van der Waals surface area contributed by atoms with Crippen molar-refractivity contribution in [2.45, 2.75) is 6.61 Å². The highest BCUT2D eigenvalue weighted by molar-refractivity contribution is 9.10. The lowest BCUT2D eigenvalue weighted by Gasteiger charge is -2.14. The molecule has 0 bridgehead atoms. The van der Waals surface area contributed by atoms with E-state index in [9.17, 15) is 9.90 Å². The van der Waals surface area contributed by atoms with Crippen LogP contribution in [0.1, 0.15) is 15.9 Å². The van der Waals surface area contributed by atoms with Gasteiger partial charge >= 0.3 is 0 Å². The fraction of sp³-hybridized carbons (Fsp3) is 0.133. The lowest BCUT2D eigenvalue weighted by molar-refractivity contribution is 0.112. The fourth-order valence-corrected chi connectivity index (χ4v) is 2.26. The van der Waals surface area contributed by atoms with Crippen molar-refractivity contribution >= 4 is 22.2 Å². The van der Waals surface area contributed by atoms with Gasteiger partial charge < -0.3 is 14.6 Å². The standard InChI is InChI=1S/C15H13BrO4/c1-19-12-7-11(8-17)14(18)13(16)15(12)20-9-10-5-3-2-4-6-10/h2-8,18H,9H2,1H3. The van der Waals surface area contributed by atoms with Crippen molar-refractivity contribution in [2.24, 2.45) is 0 Å². The molecule has 0 unspecified atom stereocenters. The molecule has 20 heavy (non-hydrogen) atoms. The van der Waals surface area contributed by atoms with Crippen LogP contribution in [0.25, 0.3) is 0 Å². The number of halogens is 1. The number of benzene rings is 2. The first-order valence-corrected chi connectivity index (χ1v) is 6.68. The van der Waals surface area contributed by atoms with Crippen LogP contribution in [0.2, 0.25) is 0 Å². The number of aldehydes is 1. The molecule has 0 heterocycles. The van der Waals surface area contributed by atoms with Crippen LogP contribution in [0.4, 0.5) is 0 Å². The van der Waals surface area contributed by atoms with E-state index in [4.69, 9.17) is 9.47 Å². The number of methoxy groups -OCH3 is 1. The Morgan fingerprint density at radius 3 is 2.60 bits per heavy atom. The van der Waals surface area contributed by atoms with Gasteiger partial charge in [0.05, 0.1) is 12.7 Å². The maximum Gasteiger partial charge on any atom is 0.179 e. The van der Waals surface area contributed by atoms with E-state index in [0.717, 1.165) is 5.56 Å². The molecule has 0 atom stereocenters. The quantitative estimate of drug-likeness (QED) is 0.848. The molecule has 4 nitrogen and oxygen atoms in total. The molecule has 0 aliphatic carbocycles. The molecule has 2 rings (SSSR count). The molecular weight excluding hydrogens is 324 g/mol. The second kappa shape index (κ2) is 6.43. The molecule has 0 aliphatic rings. The van der Waals surface area contributed by atoms with E-state index in [1.54, 1.807) is 0 Å². The van der Waals surface area contributed by atoms with Crippen molar-refractivity contribution in [3.8, 4) is 17.2 Å². The molecule has 0 fully saturated rings. The monoisotopic (exact) mass is 336 g/mol. The minimum absolute atomic E-state index is 0.140. The molecule has 5 heteroatoms. The van der Waals surface area contributed by atoms with Gasteiger partial charge in [0.25, 0.3) is 0 Å². The van der Waals surface area contributed by atoms with Gasteiger partial charge in [-0.2, -0.15) is 0 Å². The lowest BCUT2D eigenvalue weighted by Crippen LogP contribution is -2.00. The predicted octanol–water partition coefficient (Wildman–Crippen LogP) is 3.55. The maximum absolute atomic E-state index is 10.9. The van der Waals surface area contributed by atoms with E-state index in [-0.39, 0.29) is 11.3 Å². The van der Waals surface area contributed by atoms with Crippen LogP contribution in [0, 0.1) is 0 Å². The summed E-state index contributed by atoms with van der Waals surface area (Å²) >= 11 is 3.22. The van der Waals surface area contributed by atoms with Crippen molar-refractivity contribution in [3.05, 3.63) is 52.0 Å². The molecule has 0 amide bonds. The molecule has 2 aromatic rings. The van der Waals surface area contributed by atoms with Gasteiger partial charge in [-0.05, 0) is 27.6 Å². The molecule has 0 saturated heterocycles. The van der Waals surface area contributed by atoms with E-state index in [1.807, 2.05) is 30.3 Å². The average Bonchev–Trinajstić information content (AvgIpc) is 2.49. The van der Waals surface area contributed by atoms with Crippen molar-refractivity contribution in [3.63, 3.8) is 0 Å². The van der Waals surface area contributed by atoms with E-state index >= 15 is 0 Å². The van der Waals surface area contributed by atoms with Crippen molar-refractivity contribution in [1.29, 1.82) is 0 Å². The second-order valence-electron chi connectivity index (χ2n) is 4.05. The normalized spacial score (nSPS) is 10.1. The Balaban J connectivity index is 2.31. The summed E-state index contributed by atoms with van der Waals surface area (Å²) in [6.45, 7) is 0.329. The van der Waals surface area contributed by atoms with Gasteiger partial charge in [-0.15, -0.1) is 0 Å². The van der Waals surface area contributed by atoms with Gasteiger partial charge in [-0.3, -0.25) is 4.79 Å². The van der Waals surface area contributed by atoms with E-state index in [0.29, 0.717) is 28.9 Å². The fourth-order valence-electron chi connectivity index (χ4n) is 1.72. The Kier molecular flexibility index (Phi) is 4.63. The number of carbonyl (C=O) groups is 1. The summed E-state index contributed by atoms with van der Waals surface area (Å²) in [6, 6.07) is 11.0. The number of phenolic OH excluding ortho intramolecular Hbond substituents is 1. The minimum Gasteiger partial charge on any atom is -0.506 e. The zero-order valence-electron chi connectivity index (χ0n) is 10.8. The molecule has 0 saturated carbocycles. The second-order valence-corrected chi connectivity index (χ2v) is 4.84. The molecule has 0 aliphatic heterocycles. The van der Waals surface area contributed by atoms with Crippen LogP contribution in [-0.4, -0.2) is 18.5 Å². The van der Waals surface area contributed by atoms with Crippen LogP contribution in [0.5, 0.6) is 17.2 Å². The molecule has 104 valence electrons. The van der Waals surface area contributed by atoms with Crippen LogP contribution in [0.15, 0.2) is 40.9 Å². The number of phenols is 1. The molecule has 2 aromatic carbocycles. The van der Waals surface area contributed by atoms with E-state index in [2.05, 4.69) is 15.9 Å². The summed E-state index contributed by atoms with van der Waals surface area (Å²) in [5.41, 5.74) is 1.13. The summed E-state index contributed by atoms with van der Waals surface area (Å²) in [4.78, 5) is 10.9.